The van der Waals surface area contributed by atoms with Crippen LogP contribution in [0.3, 0.4) is 0 Å². The first-order chi connectivity index (χ1) is 15.5. The summed E-state index contributed by atoms with van der Waals surface area (Å²) in [6.07, 6.45) is 1.55. The number of guanidine groups is 1. The molecule has 9 heteroatoms. The fourth-order valence-corrected chi connectivity index (χ4v) is 3.83. The van der Waals surface area contributed by atoms with Crippen LogP contribution in [0.2, 0.25) is 0 Å². The maximum atomic E-state index is 12.6. The molecule has 1 aromatic carbocycles. The normalized spacial score (nSPS) is 19.2. The number of carbonyl (C=O) groups is 2. The van der Waals surface area contributed by atoms with Gasteiger partial charge in [0.1, 0.15) is 6.10 Å². The fourth-order valence-electron chi connectivity index (χ4n) is 3.83. The number of anilines is 1. The molecule has 2 saturated heterocycles. The molecule has 0 aliphatic carbocycles. The summed E-state index contributed by atoms with van der Waals surface area (Å²) in [5, 5.41) is 8.99. The standard InChI is InChI=1S/C23H36N6O3/c1-4-24-22(29-13-11-28(12-14-29)21(30)20-6-5-15-32-20)25-16-18-7-9-19(10-8-18)27-23(31)26-17(2)3/h7-10,17,20H,4-6,11-16H2,1-3H3,(H,24,25)(H2,26,27,31). The van der Waals surface area contributed by atoms with E-state index in [9.17, 15) is 9.59 Å². The predicted octanol–water partition coefficient (Wildman–Crippen LogP) is 2.01. The summed E-state index contributed by atoms with van der Waals surface area (Å²) >= 11 is 0. The zero-order chi connectivity index (χ0) is 22.9. The first-order valence-corrected chi connectivity index (χ1v) is 11.6. The van der Waals surface area contributed by atoms with Gasteiger partial charge in [0, 0.05) is 51.1 Å². The number of aliphatic imine (C=N–C) groups is 1. The number of rotatable bonds is 6. The highest BCUT2D eigenvalue weighted by molar-refractivity contribution is 5.89. The van der Waals surface area contributed by atoms with E-state index in [1.54, 1.807) is 0 Å². The van der Waals surface area contributed by atoms with Gasteiger partial charge in [-0.05, 0) is 51.3 Å². The van der Waals surface area contributed by atoms with Crippen molar-refractivity contribution < 1.29 is 14.3 Å². The van der Waals surface area contributed by atoms with E-state index >= 15 is 0 Å². The maximum Gasteiger partial charge on any atom is 0.319 e. The Labute approximate surface area is 190 Å². The van der Waals surface area contributed by atoms with Gasteiger partial charge in [-0.15, -0.1) is 0 Å². The van der Waals surface area contributed by atoms with Gasteiger partial charge in [0.05, 0.1) is 6.54 Å². The third-order valence-electron chi connectivity index (χ3n) is 5.47. The predicted molar refractivity (Wildman–Crippen MR) is 126 cm³/mol. The Hall–Kier alpha value is -2.81. The summed E-state index contributed by atoms with van der Waals surface area (Å²) < 4.78 is 5.55. The molecule has 2 fully saturated rings. The van der Waals surface area contributed by atoms with E-state index in [0.29, 0.717) is 26.2 Å². The first kappa shape index (κ1) is 23.8. The SMILES string of the molecule is CCNC(=NCc1ccc(NC(=O)NC(C)C)cc1)N1CCN(C(=O)C2CCCO2)CC1. The van der Waals surface area contributed by atoms with Crippen molar-refractivity contribution in [2.45, 2.75) is 52.3 Å². The van der Waals surface area contributed by atoms with Gasteiger partial charge in [0.25, 0.3) is 5.91 Å². The summed E-state index contributed by atoms with van der Waals surface area (Å²) in [7, 11) is 0. The molecule has 0 bridgehead atoms. The largest absolute Gasteiger partial charge is 0.368 e. The third-order valence-corrected chi connectivity index (χ3v) is 5.47. The second-order valence-corrected chi connectivity index (χ2v) is 8.43. The minimum atomic E-state index is -0.252. The van der Waals surface area contributed by atoms with Crippen molar-refractivity contribution >= 4 is 23.6 Å². The van der Waals surface area contributed by atoms with Crippen molar-refractivity contribution in [2.75, 3.05) is 44.6 Å². The van der Waals surface area contributed by atoms with Crippen LogP contribution in [0, 0.1) is 0 Å². The number of ether oxygens (including phenoxy) is 1. The topological polar surface area (TPSA) is 98.3 Å². The average molecular weight is 445 g/mol. The molecule has 176 valence electrons. The number of piperazine rings is 1. The number of amides is 3. The van der Waals surface area contributed by atoms with E-state index in [1.807, 2.05) is 43.0 Å². The van der Waals surface area contributed by atoms with Gasteiger partial charge in [-0.3, -0.25) is 4.79 Å². The summed E-state index contributed by atoms with van der Waals surface area (Å²) in [4.78, 5) is 33.3. The van der Waals surface area contributed by atoms with Crippen LogP contribution in [0.25, 0.3) is 0 Å². The Balaban J connectivity index is 1.52. The van der Waals surface area contributed by atoms with Crippen LogP contribution in [0.1, 0.15) is 39.2 Å². The van der Waals surface area contributed by atoms with Gasteiger partial charge in [-0.1, -0.05) is 12.1 Å². The van der Waals surface area contributed by atoms with Crippen LogP contribution in [-0.4, -0.2) is 79.2 Å². The molecule has 32 heavy (non-hydrogen) atoms. The molecule has 1 atom stereocenters. The second kappa shape index (κ2) is 11.7. The molecule has 2 aliphatic heterocycles. The molecule has 0 aromatic heterocycles. The Kier molecular flexibility index (Phi) is 8.72. The molecule has 1 unspecified atom stereocenters. The first-order valence-electron chi connectivity index (χ1n) is 11.6. The lowest BCUT2D eigenvalue weighted by molar-refractivity contribution is -0.142. The number of hydrogen-bond acceptors (Lipinski definition) is 4. The van der Waals surface area contributed by atoms with Crippen LogP contribution >= 0.6 is 0 Å². The zero-order valence-corrected chi connectivity index (χ0v) is 19.4. The molecule has 0 radical (unpaired) electrons. The molecule has 2 aliphatic rings. The number of hydrogen-bond donors (Lipinski definition) is 3. The average Bonchev–Trinajstić information content (AvgIpc) is 3.32. The maximum absolute atomic E-state index is 12.6. The molecule has 1 aromatic rings. The second-order valence-electron chi connectivity index (χ2n) is 8.43. The van der Waals surface area contributed by atoms with E-state index in [4.69, 9.17) is 9.73 Å². The lowest BCUT2D eigenvalue weighted by atomic mass is 10.2. The molecule has 9 nitrogen and oxygen atoms in total. The van der Waals surface area contributed by atoms with Crippen molar-refractivity contribution in [3.63, 3.8) is 0 Å². The molecule has 0 spiro atoms. The van der Waals surface area contributed by atoms with E-state index in [-0.39, 0.29) is 24.1 Å². The highest BCUT2D eigenvalue weighted by Crippen LogP contribution is 2.16. The summed E-state index contributed by atoms with van der Waals surface area (Å²) in [5.41, 5.74) is 1.80. The monoisotopic (exact) mass is 444 g/mol. The molecule has 3 rings (SSSR count). The van der Waals surface area contributed by atoms with Crippen LogP contribution in [0.4, 0.5) is 10.5 Å². The molecule has 3 amide bonds. The highest BCUT2D eigenvalue weighted by atomic mass is 16.5. The van der Waals surface area contributed by atoms with Crippen LogP contribution < -0.4 is 16.0 Å². The smallest absolute Gasteiger partial charge is 0.319 e. The molecule has 2 heterocycles. The number of nitrogens with one attached hydrogen (secondary N) is 3. The van der Waals surface area contributed by atoms with Crippen molar-refractivity contribution in [1.29, 1.82) is 0 Å². The highest BCUT2D eigenvalue weighted by Gasteiger charge is 2.30. The minimum Gasteiger partial charge on any atom is -0.368 e. The number of nitrogens with zero attached hydrogens (tertiary/aromatic N) is 3. The van der Waals surface area contributed by atoms with Gasteiger partial charge in [0.15, 0.2) is 5.96 Å². The van der Waals surface area contributed by atoms with E-state index in [1.165, 1.54) is 0 Å². The van der Waals surface area contributed by atoms with Gasteiger partial charge >= 0.3 is 6.03 Å². The Morgan fingerprint density at radius 3 is 2.41 bits per heavy atom. The number of carbonyl (C=O) groups excluding carboxylic acids is 2. The Bertz CT molecular complexity index is 781. The van der Waals surface area contributed by atoms with Crippen molar-refractivity contribution in [3.05, 3.63) is 29.8 Å². The number of benzene rings is 1. The minimum absolute atomic E-state index is 0.0872. The Morgan fingerprint density at radius 1 is 1.12 bits per heavy atom. The fraction of sp³-hybridized carbons (Fsp3) is 0.609. The summed E-state index contributed by atoms with van der Waals surface area (Å²) in [6, 6.07) is 7.58. The molecule has 3 N–H and O–H groups in total. The van der Waals surface area contributed by atoms with E-state index < -0.39 is 0 Å². The zero-order valence-electron chi connectivity index (χ0n) is 19.4. The molecular weight excluding hydrogens is 408 g/mol. The number of urea groups is 1. The van der Waals surface area contributed by atoms with E-state index in [2.05, 4.69) is 27.8 Å². The summed E-state index contributed by atoms with van der Waals surface area (Å²) in [6.45, 7) is 10.8. The van der Waals surface area contributed by atoms with Crippen molar-refractivity contribution in [1.82, 2.24) is 20.4 Å². The van der Waals surface area contributed by atoms with Crippen LogP contribution in [0.15, 0.2) is 29.3 Å². The van der Waals surface area contributed by atoms with E-state index in [0.717, 1.165) is 49.7 Å². The quantitative estimate of drug-likeness (QED) is 0.461. The van der Waals surface area contributed by atoms with Gasteiger partial charge in [-0.25, -0.2) is 9.79 Å². The van der Waals surface area contributed by atoms with Crippen molar-refractivity contribution in [3.8, 4) is 0 Å². The molecular formula is C23H36N6O3. The Morgan fingerprint density at radius 2 is 1.81 bits per heavy atom. The van der Waals surface area contributed by atoms with Crippen LogP contribution in [0.5, 0.6) is 0 Å². The van der Waals surface area contributed by atoms with Gasteiger partial charge in [0.2, 0.25) is 0 Å². The third kappa shape index (κ3) is 6.85. The lowest BCUT2D eigenvalue weighted by Crippen LogP contribution is -2.55. The van der Waals surface area contributed by atoms with Crippen LogP contribution in [-0.2, 0) is 16.1 Å². The van der Waals surface area contributed by atoms with Gasteiger partial charge in [-0.2, -0.15) is 0 Å². The summed E-state index contributed by atoms with van der Waals surface area (Å²) in [5.74, 6) is 0.982. The lowest BCUT2D eigenvalue weighted by Gasteiger charge is -2.37. The molecule has 0 saturated carbocycles. The van der Waals surface area contributed by atoms with Gasteiger partial charge < -0.3 is 30.5 Å². The van der Waals surface area contributed by atoms with Crippen molar-refractivity contribution in [2.24, 2.45) is 4.99 Å².